The quantitative estimate of drug-likeness (QED) is 0.401. The third kappa shape index (κ3) is 6.99. The number of hydrogen-bond acceptors (Lipinski definition) is 2. The number of alkyl halides is 1. The van der Waals surface area contributed by atoms with Gasteiger partial charge in [0.15, 0.2) is 0 Å². The Kier molecular flexibility index (Phi) is 6.29. The Labute approximate surface area is 88.8 Å². The van der Waals surface area contributed by atoms with Gasteiger partial charge in [-0.15, -0.1) is 11.6 Å². The predicted molar refractivity (Wildman–Crippen MR) is 58.5 cm³/mol. The monoisotopic (exact) mass is 224 g/mol. The number of aliphatic imine (C=N–C) groups is 2. The van der Waals surface area contributed by atoms with Gasteiger partial charge in [0, 0.05) is 13.0 Å². The maximum Gasteiger partial charge on any atom is 0.133 e. The van der Waals surface area contributed by atoms with Gasteiger partial charge in [0.25, 0.3) is 0 Å². The number of ether oxygens (including phenoxy) is 1. The van der Waals surface area contributed by atoms with Gasteiger partial charge in [-0.05, 0) is 13.8 Å². The minimum absolute atomic E-state index is 0.296. The zero-order valence-corrected chi connectivity index (χ0v) is 9.56. The average Bonchev–Trinajstić information content (AvgIpc) is 2.05. The lowest BCUT2D eigenvalue weighted by atomic mass is 10.1. The molecule has 0 aliphatic heterocycles. The highest BCUT2D eigenvalue weighted by atomic mass is 35.5. The first-order chi connectivity index (χ1) is 6.02. The zero-order chi connectivity index (χ0) is 10.3. The highest BCUT2D eigenvalue weighted by molar-refractivity contribution is 6.66. The molecule has 13 heavy (non-hydrogen) atoms. The molecule has 0 aromatic heterocycles. The Bertz CT molecular complexity index is 202. The Morgan fingerprint density at radius 1 is 1.54 bits per heavy atom. The maximum atomic E-state index is 5.65. The van der Waals surface area contributed by atoms with E-state index < -0.39 is 0 Å². The van der Waals surface area contributed by atoms with Gasteiger partial charge < -0.3 is 4.74 Å². The van der Waals surface area contributed by atoms with Crippen LogP contribution >= 0.6 is 23.2 Å². The number of methoxy groups -OCH3 is 1. The molecule has 0 aliphatic carbocycles. The van der Waals surface area contributed by atoms with Crippen LogP contribution in [0.15, 0.2) is 9.98 Å². The van der Waals surface area contributed by atoms with Crippen LogP contribution in [0.1, 0.15) is 13.8 Å². The van der Waals surface area contributed by atoms with Crippen molar-refractivity contribution in [2.24, 2.45) is 9.98 Å². The van der Waals surface area contributed by atoms with Crippen LogP contribution in [-0.2, 0) is 4.74 Å². The van der Waals surface area contributed by atoms with Gasteiger partial charge in [-0.1, -0.05) is 11.6 Å². The molecular weight excluding hydrogens is 211 g/mol. The van der Waals surface area contributed by atoms with Crippen molar-refractivity contribution in [3.8, 4) is 0 Å². The lowest BCUT2D eigenvalue weighted by Crippen LogP contribution is -2.18. The van der Waals surface area contributed by atoms with Crippen molar-refractivity contribution in [2.75, 3.05) is 19.6 Å². The summed E-state index contributed by atoms with van der Waals surface area (Å²) in [4.78, 5) is 7.97. The van der Waals surface area contributed by atoms with Crippen LogP contribution in [0.25, 0.3) is 0 Å². The standard InChI is InChI=1S/C8H14Cl2N2O/c1-8(2,5-9)12-6-11-7(10)4-13-3/h6H,4-5H2,1-3H3. The van der Waals surface area contributed by atoms with Crippen molar-refractivity contribution in [1.82, 2.24) is 0 Å². The molecule has 0 atom stereocenters. The van der Waals surface area contributed by atoms with Crippen LogP contribution in [0.4, 0.5) is 0 Å². The molecule has 0 unspecified atom stereocenters. The Morgan fingerprint density at radius 2 is 2.15 bits per heavy atom. The Balaban J connectivity index is 4.06. The van der Waals surface area contributed by atoms with E-state index in [1.807, 2.05) is 13.8 Å². The average molecular weight is 225 g/mol. The van der Waals surface area contributed by atoms with Crippen molar-refractivity contribution in [3.05, 3.63) is 0 Å². The highest BCUT2D eigenvalue weighted by Crippen LogP contribution is 2.09. The topological polar surface area (TPSA) is 34.0 Å². The zero-order valence-electron chi connectivity index (χ0n) is 8.05. The minimum atomic E-state index is -0.296. The lowest BCUT2D eigenvalue weighted by Gasteiger charge is -2.13. The predicted octanol–water partition coefficient (Wildman–Crippen LogP) is 2.32. The van der Waals surface area contributed by atoms with E-state index in [0.717, 1.165) is 0 Å². The summed E-state index contributed by atoms with van der Waals surface area (Å²) in [6.45, 7) is 4.13. The molecule has 0 rings (SSSR count). The van der Waals surface area contributed by atoms with Crippen LogP contribution < -0.4 is 0 Å². The summed E-state index contributed by atoms with van der Waals surface area (Å²) in [6.07, 6.45) is 1.41. The van der Waals surface area contributed by atoms with Gasteiger partial charge >= 0.3 is 0 Å². The third-order valence-corrected chi connectivity index (χ3v) is 2.06. The van der Waals surface area contributed by atoms with E-state index in [2.05, 4.69) is 9.98 Å². The van der Waals surface area contributed by atoms with Gasteiger partial charge in [-0.2, -0.15) is 0 Å². The van der Waals surface area contributed by atoms with Crippen LogP contribution in [0.5, 0.6) is 0 Å². The summed E-state index contributed by atoms with van der Waals surface area (Å²) in [5, 5.41) is 0.372. The summed E-state index contributed by atoms with van der Waals surface area (Å²) in [5.41, 5.74) is -0.296. The molecule has 76 valence electrons. The second kappa shape index (κ2) is 6.35. The molecule has 0 fully saturated rings. The van der Waals surface area contributed by atoms with E-state index in [4.69, 9.17) is 27.9 Å². The van der Waals surface area contributed by atoms with Crippen molar-refractivity contribution < 1.29 is 4.74 Å². The normalized spacial score (nSPS) is 14.1. The molecule has 0 bridgehead atoms. The fourth-order valence-corrected chi connectivity index (χ4v) is 0.660. The first-order valence-corrected chi connectivity index (χ1v) is 4.74. The summed E-state index contributed by atoms with van der Waals surface area (Å²) in [5.74, 6) is 0.445. The molecule has 0 saturated carbocycles. The number of halogens is 2. The maximum absolute atomic E-state index is 5.65. The Hall–Kier alpha value is -0.120. The first-order valence-electron chi connectivity index (χ1n) is 3.82. The summed E-state index contributed by atoms with van der Waals surface area (Å²) in [7, 11) is 1.55. The SMILES string of the molecule is COCC(Cl)=NC=NC(C)(C)CCl. The van der Waals surface area contributed by atoms with E-state index >= 15 is 0 Å². The van der Waals surface area contributed by atoms with Crippen molar-refractivity contribution in [2.45, 2.75) is 19.4 Å². The lowest BCUT2D eigenvalue weighted by molar-refractivity contribution is 0.247. The van der Waals surface area contributed by atoms with E-state index in [1.54, 1.807) is 7.11 Å². The second-order valence-corrected chi connectivity index (χ2v) is 3.83. The van der Waals surface area contributed by atoms with Crippen LogP contribution in [-0.4, -0.2) is 36.6 Å². The highest BCUT2D eigenvalue weighted by Gasteiger charge is 2.12. The van der Waals surface area contributed by atoms with Gasteiger partial charge in [0.2, 0.25) is 0 Å². The van der Waals surface area contributed by atoms with E-state index in [1.165, 1.54) is 6.34 Å². The van der Waals surface area contributed by atoms with Gasteiger partial charge in [-0.25, -0.2) is 4.99 Å². The molecule has 0 aliphatic rings. The molecule has 0 heterocycles. The molecule has 0 radical (unpaired) electrons. The third-order valence-electron chi connectivity index (χ3n) is 1.20. The van der Waals surface area contributed by atoms with E-state index in [9.17, 15) is 0 Å². The summed E-state index contributed by atoms with van der Waals surface area (Å²) >= 11 is 11.3. The van der Waals surface area contributed by atoms with Crippen LogP contribution in [0, 0.1) is 0 Å². The minimum Gasteiger partial charge on any atom is -0.377 e. The smallest absolute Gasteiger partial charge is 0.133 e. The number of hydrogen-bond donors (Lipinski definition) is 0. The largest absolute Gasteiger partial charge is 0.377 e. The fourth-order valence-electron chi connectivity index (χ4n) is 0.439. The molecule has 0 aromatic rings. The van der Waals surface area contributed by atoms with Gasteiger partial charge in [0.05, 0.1) is 12.1 Å². The number of nitrogens with zero attached hydrogens (tertiary/aromatic N) is 2. The molecular formula is C8H14Cl2N2O. The van der Waals surface area contributed by atoms with Gasteiger partial charge in [0.1, 0.15) is 11.5 Å². The molecule has 0 N–H and O–H groups in total. The molecule has 5 heteroatoms. The molecule has 0 saturated heterocycles. The van der Waals surface area contributed by atoms with E-state index in [0.29, 0.717) is 17.7 Å². The molecule has 0 aromatic carbocycles. The second-order valence-electron chi connectivity index (χ2n) is 3.13. The Morgan fingerprint density at radius 3 is 2.62 bits per heavy atom. The molecule has 0 spiro atoms. The van der Waals surface area contributed by atoms with Crippen molar-refractivity contribution in [1.29, 1.82) is 0 Å². The number of rotatable bonds is 5. The van der Waals surface area contributed by atoms with Crippen molar-refractivity contribution in [3.63, 3.8) is 0 Å². The van der Waals surface area contributed by atoms with Gasteiger partial charge in [-0.3, -0.25) is 4.99 Å². The van der Waals surface area contributed by atoms with Crippen LogP contribution in [0.3, 0.4) is 0 Å². The molecule has 3 nitrogen and oxygen atoms in total. The summed E-state index contributed by atoms with van der Waals surface area (Å²) in [6, 6.07) is 0. The van der Waals surface area contributed by atoms with Crippen molar-refractivity contribution >= 4 is 34.7 Å². The van der Waals surface area contributed by atoms with E-state index in [-0.39, 0.29) is 5.54 Å². The summed E-state index contributed by atoms with van der Waals surface area (Å²) < 4.78 is 4.76. The fraction of sp³-hybridized carbons (Fsp3) is 0.750. The van der Waals surface area contributed by atoms with Crippen LogP contribution in [0.2, 0.25) is 0 Å². The molecule has 0 amide bonds. The first kappa shape index (κ1) is 12.9.